The number of pyridine rings is 2. The number of likely N-dealkylation sites (tertiary alicyclic amines) is 1. The van der Waals surface area contributed by atoms with Gasteiger partial charge in [0.05, 0.1) is 17.8 Å². The molecule has 7 heteroatoms. The topological polar surface area (TPSA) is 92.6 Å². The molecule has 0 spiro atoms. The zero-order valence-electron chi connectivity index (χ0n) is 22.1. The SMILES string of the molecule is NC1(c2ccc(-c3nc4ccn5c(CN6CCC[C@@H]6CCO)nnc5c4cc3-c3ccccc3)cc2)CCC1. The molecule has 3 aromatic heterocycles. The van der Waals surface area contributed by atoms with Crippen molar-refractivity contribution in [1.29, 1.82) is 0 Å². The first-order chi connectivity index (χ1) is 19.1. The van der Waals surface area contributed by atoms with E-state index in [0.717, 1.165) is 90.0 Å². The van der Waals surface area contributed by atoms with Crippen LogP contribution in [-0.2, 0) is 12.1 Å². The molecule has 0 bridgehead atoms. The Kier molecular flexibility index (Phi) is 6.15. The molecule has 39 heavy (non-hydrogen) atoms. The molecule has 0 radical (unpaired) electrons. The average Bonchev–Trinajstić information content (AvgIpc) is 3.59. The summed E-state index contributed by atoms with van der Waals surface area (Å²) in [5, 5.41) is 19.7. The van der Waals surface area contributed by atoms with E-state index in [-0.39, 0.29) is 12.1 Å². The fraction of sp³-hybridized carbons (Fsp3) is 0.344. The molecule has 5 aromatic rings. The number of aliphatic hydroxyl groups is 1. The quantitative estimate of drug-likeness (QED) is 0.304. The third-order valence-corrected chi connectivity index (χ3v) is 8.81. The van der Waals surface area contributed by atoms with Gasteiger partial charge in [-0.25, -0.2) is 4.98 Å². The monoisotopic (exact) mass is 518 g/mol. The summed E-state index contributed by atoms with van der Waals surface area (Å²) in [5.74, 6) is 0.921. The van der Waals surface area contributed by atoms with Crippen LogP contribution in [-0.4, -0.2) is 48.8 Å². The summed E-state index contributed by atoms with van der Waals surface area (Å²) in [6, 6.07) is 23.8. The maximum atomic E-state index is 9.48. The van der Waals surface area contributed by atoms with E-state index < -0.39 is 0 Å². The molecule has 1 atom stereocenters. The molecule has 1 aliphatic carbocycles. The number of hydrogen-bond acceptors (Lipinski definition) is 6. The third-order valence-electron chi connectivity index (χ3n) is 8.81. The van der Waals surface area contributed by atoms with Crippen LogP contribution in [0.25, 0.3) is 38.9 Å². The Bertz CT molecular complexity index is 1620. The van der Waals surface area contributed by atoms with Gasteiger partial charge in [-0.2, -0.15) is 0 Å². The molecular weight excluding hydrogens is 484 g/mol. The molecule has 4 heterocycles. The highest BCUT2D eigenvalue weighted by Gasteiger charge is 2.34. The zero-order valence-corrected chi connectivity index (χ0v) is 22.1. The summed E-state index contributed by atoms with van der Waals surface area (Å²) in [6.45, 7) is 1.97. The van der Waals surface area contributed by atoms with Crippen molar-refractivity contribution in [3.05, 3.63) is 84.3 Å². The number of fused-ring (bicyclic) bond motifs is 3. The molecule has 2 fully saturated rings. The van der Waals surface area contributed by atoms with Crippen LogP contribution in [0.3, 0.4) is 0 Å². The lowest BCUT2D eigenvalue weighted by atomic mass is 9.72. The van der Waals surface area contributed by atoms with Crippen molar-refractivity contribution in [2.24, 2.45) is 5.73 Å². The van der Waals surface area contributed by atoms with E-state index in [2.05, 4.69) is 80.2 Å². The lowest BCUT2D eigenvalue weighted by molar-refractivity contribution is 0.186. The van der Waals surface area contributed by atoms with Crippen LogP contribution in [0.5, 0.6) is 0 Å². The van der Waals surface area contributed by atoms with Crippen molar-refractivity contribution < 1.29 is 5.11 Å². The molecule has 2 aliphatic rings. The van der Waals surface area contributed by atoms with Crippen LogP contribution in [0.15, 0.2) is 72.9 Å². The maximum absolute atomic E-state index is 9.48. The second-order valence-electron chi connectivity index (χ2n) is 11.2. The summed E-state index contributed by atoms with van der Waals surface area (Å²) in [6.07, 6.45) is 8.42. The van der Waals surface area contributed by atoms with E-state index >= 15 is 0 Å². The summed E-state index contributed by atoms with van der Waals surface area (Å²) in [5.41, 5.74) is 13.6. The highest BCUT2D eigenvalue weighted by Crippen LogP contribution is 2.40. The molecule has 2 aromatic carbocycles. The Morgan fingerprint density at radius 1 is 0.949 bits per heavy atom. The zero-order chi connectivity index (χ0) is 26.4. The predicted molar refractivity (Wildman–Crippen MR) is 154 cm³/mol. The van der Waals surface area contributed by atoms with Crippen LogP contribution < -0.4 is 5.73 Å². The van der Waals surface area contributed by atoms with Crippen molar-refractivity contribution in [3.63, 3.8) is 0 Å². The van der Waals surface area contributed by atoms with Crippen LogP contribution in [0.1, 0.15) is 49.9 Å². The summed E-state index contributed by atoms with van der Waals surface area (Å²) in [7, 11) is 0. The van der Waals surface area contributed by atoms with Gasteiger partial charge in [-0.15, -0.1) is 10.2 Å². The van der Waals surface area contributed by atoms with E-state index in [1.54, 1.807) is 0 Å². The van der Waals surface area contributed by atoms with Crippen molar-refractivity contribution in [2.75, 3.05) is 13.2 Å². The van der Waals surface area contributed by atoms with Crippen molar-refractivity contribution in [3.8, 4) is 22.4 Å². The van der Waals surface area contributed by atoms with Crippen molar-refractivity contribution in [1.82, 2.24) is 24.5 Å². The smallest absolute Gasteiger partial charge is 0.170 e. The van der Waals surface area contributed by atoms with Crippen LogP contribution in [0.2, 0.25) is 0 Å². The van der Waals surface area contributed by atoms with E-state index in [1.165, 1.54) is 12.0 Å². The van der Waals surface area contributed by atoms with E-state index in [1.807, 2.05) is 12.3 Å². The van der Waals surface area contributed by atoms with Gasteiger partial charge in [-0.3, -0.25) is 9.30 Å². The molecule has 3 N–H and O–H groups in total. The van der Waals surface area contributed by atoms with Crippen LogP contribution >= 0.6 is 0 Å². The second kappa shape index (κ2) is 9.83. The van der Waals surface area contributed by atoms with E-state index in [0.29, 0.717) is 6.04 Å². The normalized spacial score (nSPS) is 19.1. The fourth-order valence-corrected chi connectivity index (χ4v) is 6.38. The highest BCUT2D eigenvalue weighted by molar-refractivity contribution is 5.98. The van der Waals surface area contributed by atoms with Gasteiger partial charge in [-0.1, -0.05) is 54.6 Å². The first-order valence-electron chi connectivity index (χ1n) is 14.1. The summed E-state index contributed by atoms with van der Waals surface area (Å²) < 4.78 is 2.10. The second-order valence-corrected chi connectivity index (χ2v) is 11.2. The van der Waals surface area contributed by atoms with Crippen molar-refractivity contribution >= 4 is 16.6 Å². The number of aromatic nitrogens is 4. The number of hydrogen-bond donors (Lipinski definition) is 2. The number of rotatable bonds is 7. The first-order valence-corrected chi connectivity index (χ1v) is 14.1. The Labute approximate surface area is 228 Å². The van der Waals surface area contributed by atoms with Gasteiger partial charge < -0.3 is 10.8 Å². The van der Waals surface area contributed by atoms with E-state index in [9.17, 15) is 5.11 Å². The Morgan fingerprint density at radius 2 is 1.77 bits per heavy atom. The van der Waals surface area contributed by atoms with E-state index in [4.69, 9.17) is 10.7 Å². The largest absolute Gasteiger partial charge is 0.396 e. The third kappa shape index (κ3) is 4.31. The fourth-order valence-electron chi connectivity index (χ4n) is 6.38. The summed E-state index contributed by atoms with van der Waals surface area (Å²) in [4.78, 5) is 7.62. The standard InChI is InChI=1S/C32H34N6O/c33-32(15-5-16-32)24-11-9-23(10-12-24)30-26(22-6-2-1-3-7-22)20-27-28(34-30)13-18-38-29(35-36-31(27)38)21-37-17-4-8-25(37)14-19-39/h1-3,6-7,9-13,18,20,25,39H,4-5,8,14-17,19,21,33H2/t25-/m1/s1. The van der Waals surface area contributed by atoms with Gasteiger partial charge in [0.2, 0.25) is 0 Å². The van der Waals surface area contributed by atoms with Gasteiger partial charge in [0.25, 0.3) is 0 Å². The average molecular weight is 519 g/mol. The van der Waals surface area contributed by atoms with Gasteiger partial charge in [0.15, 0.2) is 11.5 Å². The molecule has 1 aliphatic heterocycles. The molecule has 1 saturated carbocycles. The van der Waals surface area contributed by atoms with Gasteiger partial charge in [0, 0.05) is 40.9 Å². The maximum Gasteiger partial charge on any atom is 0.170 e. The van der Waals surface area contributed by atoms with Crippen LogP contribution in [0.4, 0.5) is 0 Å². The summed E-state index contributed by atoms with van der Waals surface area (Å²) >= 11 is 0. The Morgan fingerprint density at radius 3 is 2.51 bits per heavy atom. The minimum Gasteiger partial charge on any atom is -0.396 e. The molecule has 7 rings (SSSR count). The van der Waals surface area contributed by atoms with Gasteiger partial charge in [0.1, 0.15) is 0 Å². The molecule has 0 amide bonds. The molecule has 0 unspecified atom stereocenters. The molecule has 1 saturated heterocycles. The van der Waals surface area contributed by atoms with Gasteiger partial charge in [-0.05, 0) is 68.3 Å². The first kappa shape index (κ1) is 24.4. The predicted octanol–water partition coefficient (Wildman–Crippen LogP) is 5.30. The lowest BCUT2D eigenvalue weighted by Gasteiger charge is -2.38. The van der Waals surface area contributed by atoms with Crippen molar-refractivity contribution in [2.45, 2.75) is 56.7 Å². The lowest BCUT2D eigenvalue weighted by Crippen LogP contribution is -2.43. The minimum absolute atomic E-state index is 0.179. The Hall–Kier alpha value is -3.65. The number of aliphatic hydroxyl groups excluding tert-OH is 1. The van der Waals surface area contributed by atoms with Gasteiger partial charge >= 0.3 is 0 Å². The molecular formula is C32H34N6O. The number of benzene rings is 2. The number of nitrogens with two attached hydrogens (primary N) is 1. The Balaban J connectivity index is 1.32. The highest BCUT2D eigenvalue weighted by atomic mass is 16.3. The molecule has 7 nitrogen and oxygen atoms in total. The minimum atomic E-state index is -0.179. The molecule has 198 valence electrons. The van der Waals surface area contributed by atoms with Crippen LogP contribution in [0, 0.1) is 0 Å². The number of nitrogens with zero attached hydrogens (tertiary/aromatic N) is 5.